The molecule has 1 aliphatic heterocycles. The highest BCUT2D eigenvalue weighted by Gasteiger charge is 2.22. The number of methoxy groups -OCH3 is 1. The van der Waals surface area contributed by atoms with Gasteiger partial charge >= 0.3 is 0 Å². The van der Waals surface area contributed by atoms with Crippen molar-refractivity contribution in [3.8, 4) is 28.0 Å². The van der Waals surface area contributed by atoms with E-state index < -0.39 is 11.6 Å². The molecule has 1 aliphatic rings. The second kappa shape index (κ2) is 8.98. The third kappa shape index (κ3) is 4.23. The Labute approximate surface area is 179 Å². The summed E-state index contributed by atoms with van der Waals surface area (Å²) in [6, 6.07) is 14.8. The van der Waals surface area contributed by atoms with Crippen molar-refractivity contribution in [2.24, 2.45) is 0 Å². The Bertz CT molecular complexity index is 1080. The smallest absolute Gasteiger partial charge is 0.201 e. The van der Waals surface area contributed by atoms with Crippen LogP contribution in [0, 0.1) is 17.5 Å². The average molecular weight is 424 g/mol. The van der Waals surface area contributed by atoms with Crippen LogP contribution in [0.15, 0.2) is 67.3 Å². The van der Waals surface area contributed by atoms with Crippen LogP contribution in [0.25, 0.3) is 22.3 Å². The van der Waals surface area contributed by atoms with Crippen LogP contribution in [-0.4, -0.2) is 19.8 Å². The first-order valence-electron chi connectivity index (χ1n) is 10.2. The van der Waals surface area contributed by atoms with Crippen LogP contribution < -0.4 is 4.74 Å². The van der Waals surface area contributed by atoms with E-state index in [0.717, 1.165) is 18.4 Å². The molecule has 3 aromatic carbocycles. The van der Waals surface area contributed by atoms with E-state index in [4.69, 9.17) is 9.47 Å². The summed E-state index contributed by atoms with van der Waals surface area (Å²) in [6.45, 7) is 4.30. The summed E-state index contributed by atoms with van der Waals surface area (Å²) in [6.07, 6.45) is 3.67. The van der Waals surface area contributed by atoms with Gasteiger partial charge in [0.25, 0.3) is 0 Å². The van der Waals surface area contributed by atoms with Crippen molar-refractivity contribution in [2.75, 3.05) is 13.7 Å². The third-order valence-corrected chi connectivity index (χ3v) is 5.81. The lowest BCUT2D eigenvalue weighted by Gasteiger charge is -2.27. The van der Waals surface area contributed by atoms with Gasteiger partial charge in [-0.3, -0.25) is 0 Å². The van der Waals surface area contributed by atoms with Crippen molar-refractivity contribution in [1.82, 2.24) is 0 Å². The molecule has 1 fully saturated rings. The van der Waals surface area contributed by atoms with Gasteiger partial charge in [0.2, 0.25) is 5.82 Å². The van der Waals surface area contributed by atoms with Crippen LogP contribution in [0.1, 0.15) is 24.3 Å². The fourth-order valence-corrected chi connectivity index (χ4v) is 3.98. The zero-order valence-electron chi connectivity index (χ0n) is 17.2. The second-order valence-electron chi connectivity index (χ2n) is 7.64. The minimum atomic E-state index is -1.03. The maximum absolute atomic E-state index is 14.9. The minimum Gasteiger partial charge on any atom is -0.494 e. The van der Waals surface area contributed by atoms with Crippen LogP contribution in [0.4, 0.5) is 13.2 Å². The highest BCUT2D eigenvalue weighted by atomic mass is 19.2. The van der Waals surface area contributed by atoms with Gasteiger partial charge in [-0.1, -0.05) is 42.5 Å². The van der Waals surface area contributed by atoms with E-state index >= 15 is 0 Å². The lowest BCUT2D eigenvalue weighted by molar-refractivity contribution is 0.0328. The highest BCUT2D eigenvalue weighted by molar-refractivity contribution is 5.71. The van der Waals surface area contributed by atoms with Crippen molar-refractivity contribution < 1.29 is 22.6 Å². The minimum absolute atomic E-state index is 0.0721. The van der Waals surface area contributed by atoms with E-state index in [0.29, 0.717) is 23.3 Å². The molecule has 0 N–H and O–H groups in total. The first kappa shape index (κ1) is 21.2. The van der Waals surface area contributed by atoms with Crippen LogP contribution >= 0.6 is 0 Å². The van der Waals surface area contributed by atoms with E-state index in [2.05, 4.69) is 6.58 Å². The molecule has 0 aromatic heterocycles. The predicted molar refractivity (Wildman–Crippen MR) is 116 cm³/mol. The van der Waals surface area contributed by atoms with Gasteiger partial charge in [0.1, 0.15) is 5.82 Å². The number of halogens is 3. The van der Waals surface area contributed by atoms with Crippen LogP contribution in [-0.2, 0) is 4.74 Å². The maximum Gasteiger partial charge on any atom is 0.201 e. The molecule has 4 rings (SSSR count). The Balaban J connectivity index is 1.56. The number of benzene rings is 3. The lowest BCUT2D eigenvalue weighted by atomic mass is 9.90. The van der Waals surface area contributed by atoms with Crippen molar-refractivity contribution in [3.05, 3.63) is 90.3 Å². The fraction of sp³-hybridized carbons (Fsp3) is 0.231. The summed E-state index contributed by atoms with van der Waals surface area (Å²) in [5.74, 6) is -2.32. The average Bonchev–Trinajstić information content (AvgIpc) is 2.81. The molecule has 5 heteroatoms. The molecule has 0 radical (unpaired) electrons. The summed E-state index contributed by atoms with van der Waals surface area (Å²) in [5, 5.41) is 0. The van der Waals surface area contributed by atoms with E-state index in [1.54, 1.807) is 42.5 Å². The zero-order valence-corrected chi connectivity index (χ0v) is 17.2. The standard InChI is InChI=1S/C26H23F3O2/c1-3-20-10-8-19(15-31-20)18-9-11-21(23(27)14-18)16-4-6-17(7-5-16)22-12-13-24(30-2)26(29)25(22)28/h3-7,9,11-14,19-20H,1,8,10,15H2,2H3. The SMILES string of the molecule is C=CC1CCC(c2ccc(-c3ccc(-c4ccc(OC)c(F)c4F)cc3)c(F)c2)CO1. The topological polar surface area (TPSA) is 18.5 Å². The Kier molecular flexibility index (Phi) is 6.14. The number of hydrogen-bond acceptors (Lipinski definition) is 2. The van der Waals surface area contributed by atoms with Crippen molar-refractivity contribution >= 4 is 0 Å². The summed E-state index contributed by atoms with van der Waals surface area (Å²) in [5.41, 5.74) is 2.65. The van der Waals surface area contributed by atoms with Crippen LogP contribution in [0.5, 0.6) is 5.75 Å². The monoisotopic (exact) mass is 424 g/mol. The van der Waals surface area contributed by atoms with Gasteiger partial charge in [0.05, 0.1) is 19.8 Å². The quantitative estimate of drug-likeness (QED) is 0.415. The van der Waals surface area contributed by atoms with Crippen LogP contribution in [0.3, 0.4) is 0 Å². The van der Waals surface area contributed by atoms with Gasteiger partial charge in [-0.25, -0.2) is 8.78 Å². The predicted octanol–water partition coefficient (Wildman–Crippen LogP) is 6.90. The normalized spacial score (nSPS) is 18.6. The molecule has 1 saturated heterocycles. The Hall–Kier alpha value is -3.05. The molecule has 0 bridgehead atoms. The van der Waals surface area contributed by atoms with E-state index in [1.165, 1.54) is 19.2 Å². The zero-order chi connectivity index (χ0) is 22.0. The molecule has 3 aromatic rings. The summed E-state index contributed by atoms with van der Waals surface area (Å²) < 4.78 is 53.8. The number of hydrogen-bond donors (Lipinski definition) is 0. The van der Waals surface area contributed by atoms with Crippen molar-refractivity contribution in [1.29, 1.82) is 0 Å². The molecule has 1 heterocycles. The first-order valence-corrected chi connectivity index (χ1v) is 10.2. The Morgan fingerprint density at radius 3 is 2.16 bits per heavy atom. The maximum atomic E-state index is 14.9. The molecular formula is C26H23F3O2. The van der Waals surface area contributed by atoms with E-state index in [-0.39, 0.29) is 29.2 Å². The van der Waals surface area contributed by atoms with Gasteiger partial charge in [-0.2, -0.15) is 4.39 Å². The van der Waals surface area contributed by atoms with Crippen molar-refractivity contribution in [3.63, 3.8) is 0 Å². The number of rotatable bonds is 5. The molecule has 2 unspecified atom stereocenters. The van der Waals surface area contributed by atoms with Gasteiger partial charge in [0.15, 0.2) is 11.6 Å². The van der Waals surface area contributed by atoms with Crippen molar-refractivity contribution in [2.45, 2.75) is 24.9 Å². The molecule has 0 aliphatic carbocycles. The molecule has 160 valence electrons. The highest BCUT2D eigenvalue weighted by Crippen LogP contribution is 2.34. The molecule has 0 amide bonds. The van der Waals surface area contributed by atoms with E-state index in [9.17, 15) is 13.2 Å². The Morgan fingerprint density at radius 1 is 0.903 bits per heavy atom. The third-order valence-electron chi connectivity index (χ3n) is 5.81. The van der Waals surface area contributed by atoms with Gasteiger partial charge in [-0.15, -0.1) is 6.58 Å². The first-order chi connectivity index (χ1) is 15.0. The summed E-state index contributed by atoms with van der Waals surface area (Å²) in [7, 11) is 1.28. The molecule has 31 heavy (non-hydrogen) atoms. The Morgan fingerprint density at radius 2 is 1.58 bits per heavy atom. The largest absolute Gasteiger partial charge is 0.494 e. The summed E-state index contributed by atoms with van der Waals surface area (Å²) >= 11 is 0. The van der Waals surface area contributed by atoms with Gasteiger partial charge in [-0.05, 0) is 47.7 Å². The molecule has 2 atom stereocenters. The van der Waals surface area contributed by atoms with Gasteiger partial charge in [0, 0.05) is 17.0 Å². The lowest BCUT2D eigenvalue weighted by Crippen LogP contribution is -2.23. The molecule has 0 saturated carbocycles. The second-order valence-corrected chi connectivity index (χ2v) is 7.64. The van der Waals surface area contributed by atoms with Gasteiger partial charge < -0.3 is 9.47 Å². The fourth-order valence-electron chi connectivity index (χ4n) is 3.98. The van der Waals surface area contributed by atoms with Crippen LogP contribution in [0.2, 0.25) is 0 Å². The van der Waals surface area contributed by atoms with E-state index in [1.807, 2.05) is 6.07 Å². The number of ether oxygens (including phenoxy) is 2. The molecule has 0 spiro atoms. The molecule has 2 nitrogen and oxygen atoms in total. The molecular weight excluding hydrogens is 401 g/mol. The summed E-state index contributed by atoms with van der Waals surface area (Å²) in [4.78, 5) is 0.